The number of nitrogens with one attached hydrogen (secondary N) is 2. The van der Waals surface area contributed by atoms with Gasteiger partial charge in [-0.3, -0.25) is 9.35 Å². The second-order valence-corrected chi connectivity index (χ2v) is 5.08. The van der Waals surface area contributed by atoms with Crippen LogP contribution in [-0.4, -0.2) is 26.4 Å². The van der Waals surface area contributed by atoms with E-state index in [1.807, 2.05) is 6.07 Å². The zero-order chi connectivity index (χ0) is 16.4. The molecular weight excluding hydrogens is 308 g/mol. The Kier molecular flexibility index (Phi) is 7.03. The van der Waals surface area contributed by atoms with Crippen molar-refractivity contribution in [3.63, 3.8) is 0 Å². The predicted molar refractivity (Wildman–Crippen MR) is 83.1 cm³/mol. The number of carbonyl (C=O) groups excluding carboxylic acids is 1. The van der Waals surface area contributed by atoms with Gasteiger partial charge in [0.1, 0.15) is 5.75 Å². The van der Waals surface area contributed by atoms with E-state index in [4.69, 9.17) is 9.29 Å². The molecule has 0 aliphatic rings. The van der Waals surface area contributed by atoms with Gasteiger partial charge in [0.2, 0.25) is 0 Å². The van der Waals surface area contributed by atoms with E-state index < -0.39 is 10.3 Å². The van der Waals surface area contributed by atoms with Gasteiger partial charge < -0.3 is 10.2 Å². The lowest BCUT2D eigenvalue weighted by molar-refractivity contribution is 0.112. The van der Waals surface area contributed by atoms with Crippen molar-refractivity contribution in [2.75, 3.05) is 12.5 Å². The molecule has 8 heteroatoms. The van der Waals surface area contributed by atoms with E-state index in [0.29, 0.717) is 17.0 Å². The number of hydrazine groups is 1. The molecule has 0 spiro atoms. The molecule has 0 aromatic heterocycles. The van der Waals surface area contributed by atoms with Gasteiger partial charge in [-0.15, -0.1) is 4.83 Å². The second-order valence-electron chi connectivity index (χ2n) is 3.93. The van der Waals surface area contributed by atoms with Crippen LogP contribution in [0.5, 0.6) is 5.75 Å². The molecule has 0 saturated heterocycles. The van der Waals surface area contributed by atoms with E-state index in [2.05, 4.69) is 5.43 Å². The number of carbonyl (C=O) groups is 1. The van der Waals surface area contributed by atoms with Crippen molar-refractivity contribution in [2.24, 2.45) is 0 Å². The molecule has 0 heterocycles. The zero-order valence-electron chi connectivity index (χ0n) is 11.8. The molecule has 22 heavy (non-hydrogen) atoms. The van der Waals surface area contributed by atoms with Crippen molar-refractivity contribution in [1.29, 1.82) is 0 Å². The molecule has 7 nitrogen and oxygen atoms in total. The van der Waals surface area contributed by atoms with Gasteiger partial charge in [0, 0.05) is 5.69 Å². The highest BCUT2D eigenvalue weighted by Gasteiger charge is 2.00. The fourth-order valence-corrected chi connectivity index (χ4v) is 1.66. The second kappa shape index (κ2) is 8.78. The van der Waals surface area contributed by atoms with Crippen molar-refractivity contribution < 1.29 is 22.5 Å². The molecule has 3 N–H and O–H groups in total. The Hall–Kier alpha value is -2.42. The molecule has 0 unspecified atom stereocenters. The molecule has 0 fully saturated rings. The third-order valence-electron chi connectivity index (χ3n) is 2.36. The van der Waals surface area contributed by atoms with Gasteiger partial charge in [-0.2, -0.15) is 8.42 Å². The molecule has 0 aliphatic carbocycles. The molecule has 2 aromatic carbocycles. The van der Waals surface area contributed by atoms with Crippen LogP contribution in [0.2, 0.25) is 0 Å². The maximum absolute atomic E-state index is 10.3. The van der Waals surface area contributed by atoms with Crippen LogP contribution in [0, 0.1) is 0 Å². The van der Waals surface area contributed by atoms with Gasteiger partial charge in [0.15, 0.2) is 6.29 Å². The van der Waals surface area contributed by atoms with Crippen LogP contribution >= 0.6 is 0 Å². The molecule has 118 valence electrons. The first-order valence-electron chi connectivity index (χ1n) is 6.09. The molecule has 0 radical (unpaired) electrons. The van der Waals surface area contributed by atoms with Crippen LogP contribution < -0.4 is 15.0 Å². The van der Waals surface area contributed by atoms with Crippen LogP contribution in [0.4, 0.5) is 5.69 Å². The number of para-hydroxylation sites is 2. The van der Waals surface area contributed by atoms with Crippen molar-refractivity contribution in [2.45, 2.75) is 0 Å². The number of benzene rings is 2. The number of ether oxygens (including phenoxy) is 1. The Morgan fingerprint density at radius 3 is 2.14 bits per heavy atom. The van der Waals surface area contributed by atoms with Crippen molar-refractivity contribution in [3.05, 3.63) is 60.2 Å². The third-order valence-corrected chi connectivity index (χ3v) is 2.72. The monoisotopic (exact) mass is 324 g/mol. The van der Waals surface area contributed by atoms with E-state index in [9.17, 15) is 13.2 Å². The minimum absolute atomic E-state index is 0.551. The Morgan fingerprint density at radius 2 is 1.64 bits per heavy atom. The van der Waals surface area contributed by atoms with Gasteiger partial charge in [-0.25, -0.2) is 0 Å². The quantitative estimate of drug-likeness (QED) is 0.441. The average Bonchev–Trinajstić information content (AvgIpc) is 2.54. The number of hydrogen-bond acceptors (Lipinski definition) is 5. The summed E-state index contributed by atoms with van der Waals surface area (Å²) in [7, 11) is -2.64. The van der Waals surface area contributed by atoms with Gasteiger partial charge in [-0.1, -0.05) is 30.3 Å². The molecule has 0 amide bonds. The molecule has 0 bridgehead atoms. The van der Waals surface area contributed by atoms with Crippen molar-refractivity contribution >= 4 is 22.3 Å². The summed E-state index contributed by atoms with van der Waals surface area (Å²) < 4.78 is 33.6. The highest BCUT2D eigenvalue weighted by molar-refractivity contribution is 7.83. The van der Waals surface area contributed by atoms with Crippen molar-refractivity contribution in [1.82, 2.24) is 4.83 Å². The Bertz CT molecular complexity index is 689. The molecule has 2 rings (SSSR count). The SMILES string of the molecule is COc1ccccc1C=O.O=S(=O)(O)NNc1ccccc1. The minimum atomic E-state index is -4.18. The van der Waals surface area contributed by atoms with Crippen LogP contribution in [0.15, 0.2) is 54.6 Å². The first-order chi connectivity index (χ1) is 10.5. The third kappa shape index (κ3) is 6.84. The highest BCUT2D eigenvalue weighted by atomic mass is 32.2. The summed E-state index contributed by atoms with van der Waals surface area (Å²) in [6, 6.07) is 15.6. The summed E-state index contributed by atoms with van der Waals surface area (Å²) in [5.41, 5.74) is 3.44. The summed E-state index contributed by atoms with van der Waals surface area (Å²) in [5.74, 6) is 0.623. The molecule has 0 saturated carbocycles. The molecular formula is C14H16N2O5S. The fraction of sp³-hybridized carbons (Fsp3) is 0.0714. The average molecular weight is 324 g/mol. The minimum Gasteiger partial charge on any atom is -0.496 e. The Morgan fingerprint density at radius 1 is 1.05 bits per heavy atom. The molecule has 0 aliphatic heterocycles. The van der Waals surface area contributed by atoms with Gasteiger partial charge in [-0.05, 0) is 24.3 Å². The standard InChI is InChI=1S/C8H8O2.C6H8N2O3S/c1-10-8-5-3-2-4-7(8)6-9;9-12(10,11)8-7-6-4-2-1-3-5-6/h2-6H,1H3;1-5,7-8H,(H,9,10,11). The van der Waals surface area contributed by atoms with Gasteiger partial charge in [0.05, 0.1) is 12.7 Å². The van der Waals surface area contributed by atoms with Gasteiger partial charge in [0.25, 0.3) is 0 Å². The summed E-state index contributed by atoms with van der Waals surface area (Å²) in [6.07, 6.45) is 0.777. The van der Waals surface area contributed by atoms with Crippen LogP contribution in [-0.2, 0) is 10.3 Å². The number of anilines is 1. The van der Waals surface area contributed by atoms with Crippen LogP contribution in [0.3, 0.4) is 0 Å². The first-order valence-corrected chi connectivity index (χ1v) is 7.53. The summed E-state index contributed by atoms with van der Waals surface area (Å²) >= 11 is 0. The lowest BCUT2D eigenvalue weighted by atomic mass is 10.2. The summed E-state index contributed by atoms with van der Waals surface area (Å²) in [6.45, 7) is 0. The maximum Gasteiger partial charge on any atom is 0.350 e. The lowest BCUT2D eigenvalue weighted by Crippen LogP contribution is -2.28. The number of aldehydes is 1. The normalized spacial score (nSPS) is 10.1. The Balaban J connectivity index is 0.000000224. The zero-order valence-corrected chi connectivity index (χ0v) is 12.6. The molecule has 0 atom stereocenters. The number of rotatable bonds is 5. The van der Waals surface area contributed by atoms with E-state index >= 15 is 0 Å². The van der Waals surface area contributed by atoms with Crippen molar-refractivity contribution in [3.8, 4) is 5.75 Å². The van der Waals surface area contributed by atoms with Crippen LogP contribution in [0.1, 0.15) is 10.4 Å². The van der Waals surface area contributed by atoms with E-state index in [1.54, 1.807) is 60.5 Å². The first kappa shape index (κ1) is 17.6. The smallest absolute Gasteiger partial charge is 0.350 e. The predicted octanol–water partition coefficient (Wildman–Crippen LogP) is 1.91. The lowest BCUT2D eigenvalue weighted by Gasteiger charge is -2.03. The largest absolute Gasteiger partial charge is 0.496 e. The summed E-state index contributed by atoms with van der Waals surface area (Å²) in [4.78, 5) is 12.0. The summed E-state index contributed by atoms with van der Waals surface area (Å²) in [5, 5.41) is 0. The van der Waals surface area contributed by atoms with Gasteiger partial charge >= 0.3 is 10.3 Å². The highest BCUT2D eigenvalue weighted by Crippen LogP contribution is 2.13. The maximum atomic E-state index is 10.3. The fourth-order valence-electron chi connectivity index (χ4n) is 1.41. The topological polar surface area (TPSA) is 105 Å². The van der Waals surface area contributed by atoms with E-state index in [1.165, 1.54) is 0 Å². The number of methoxy groups -OCH3 is 1. The van der Waals surface area contributed by atoms with Crippen LogP contribution in [0.25, 0.3) is 0 Å². The molecule has 2 aromatic rings. The number of hydrogen-bond donors (Lipinski definition) is 3. The van der Waals surface area contributed by atoms with E-state index in [-0.39, 0.29) is 0 Å². The Labute approximate surface area is 128 Å². The van der Waals surface area contributed by atoms with E-state index in [0.717, 1.165) is 6.29 Å².